The Labute approximate surface area is 165 Å². The number of fused-ring (bicyclic) bond motifs is 1. The molecule has 0 bridgehead atoms. The van der Waals surface area contributed by atoms with Crippen molar-refractivity contribution < 1.29 is 31.1 Å². The first-order chi connectivity index (χ1) is 13.6. The molecule has 2 aliphatic rings. The monoisotopic (exact) mass is 426 g/mol. The van der Waals surface area contributed by atoms with Crippen LogP contribution in [0.2, 0.25) is 0 Å². The maximum absolute atomic E-state index is 13.0. The van der Waals surface area contributed by atoms with Crippen molar-refractivity contribution in [2.45, 2.75) is 24.1 Å². The first kappa shape index (κ1) is 19.7. The minimum Gasteiger partial charge on any atom is -0.406 e. The molecule has 1 aliphatic carbocycles. The number of carbonyl (C=O) groups is 1. The fourth-order valence-electron chi connectivity index (χ4n) is 3.72. The third kappa shape index (κ3) is 3.58. The number of rotatable bonds is 5. The van der Waals surface area contributed by atoms with E-state index >= 15 is 0 Å². The van der Waals surface area contributed by atoms with E-state index in [1.54, 1.807) is 0 Å². The van der Waals surface area contributed by atoms with Crippen molar-refractivity contribution in [2.75, 3.05) is 11.9 Å². The molecule has 2 aromatic rings. The molecule has 6 nitrogen and oxygen atoms in total. The molecule has 1 amide bonds. The van der Waals surface area contributed by atoms with Crippen LogP contribution in [0.3, 0.4) is 0 Å². The van der Waals surface area contributed by atoms with Crippen molar-refractivity contribution in [1.82, 2.24) is 4.31 Å². The van der Waals surface area contributed by atoms with Gasteiger partial charge in [0.1, 0.15) is 5.75 Å². The summed E-state index contributed by atoms with van der Waals surface area (Å²) >= 11 is 0. The van der Waals surface area contributed by atoms with Gasteiger partial charge in [-0.2, -0.15) is 4.31 Å². The van der Waals surface area contributed by atoms with E-state index in [2.05, 4.69) is 10.1 Å². The number of benzene rings is 2. The highest BCUT2D eigenvalue weighted by Gasteiger charge is 2.75. The van der Waals surface area contributed by atoms with Crippen molar-refractivity contribution in [3.05, 3.63) is 60.2 Å². The van der Waals surface area contributed by atoms with E-state index in [4.69, 9.17) is 0 Å². The molecule has 1 N–H and O–H groups in total. The predicted molar refractivity (Wildman–Crippen MR) is 98.4 cm³/mol. The smallest absolute Gasteiger partial charge is 0.406 e. The number of hydrogen-bond donors (Lipinski definition) is 1. The second-order valence-corrected chi connectivity index (χ2v) is 9.30. The van der Waals surface area contributed by atoms with Crippen LogP contribution in [0.1, 0.15) is 12.0 Å². The molecule has 0 unspecified atom stereocenters. The lowest BCUT2D eigenvalue weighted by Gasteiger charge is -2.21. The number of amides is 1. The zero-order valence-corrected chi connectivity index (χ0v) is 15.8. The van der Waals surface area contributed by atoms with E-state index in [1.165, 1.54) is 16.4 Å². The molecule has 1 saturated heterocycles. The first-order valence-corrected chi connectivity index (χ1v) is 10.3. The molecular formula is C19H17F3N2O4S. The van der Waals surface area contributed by atoms with Crippen LogP contribution in [0.15, 0.2) is 54.6 Å². The number of carbonyl (C=O) groups excluding carboxylic acids is 1. The molecule has 10 heteroatoms. The average Bonchev–Trinajstić information content (AvgIpc) is 3.34. The summed E-state index contributed by atoms with van der Waals surface area (Å²) in [6, 6.07) is 13.7. The molecule has 0 aromatic heterocycles. The summed E-state index contributed by atoms with van der Waals surface area (Å²) in [5, 5.41) is 2.51. The van der Waals surface area contributed by atoms with Gasteiger partial charge in [0.05, 0.1) is 0 Å². The number of nitrogens with one attached hydrogen (secondary N) is 1. The van der Waals surface area contributed by atoms with Crippen molar-refractivity contribution in [3.8, 4) is 5.75 Å². The molecule has 2 aromatic carbocycles. The van der Waals surface area contributed by atoms with Gasteiger partial charge in [0.15, 0.2) is 4.75 Å². The van der Waals surface area contributed by atoms with Crippen LogP contribution in [0.4, 0.5) is 18.9 Å². The van der Waals surface area contributed by atoms with Gasteiger partial charge in [-0.15, -0.1) is 13.2 Å². The summed E-state index contributed by atoms with van der Waals surface area (Å²) in [5.41, 5.74) is 1.02. The summed E-state index contributed by atoms with van der Waals surface area (Å²) in [6.07, 6.45) is -4.58. The normalized spacial score (nSPS) is 25.3. The minimum atomic E-state index is -4.81. The van der Waals surface area contributed by atoms with Gasteiger partial charge in [0, 0.05) is 24.7 Å². The first-order valence-electron chi connectivity index (χ1n) is 8.83. The van der Waals surface area contributed by atoms with E-state index in [0.717, 1.165) is 17.7 Å². The molecule has 1 heterocycles. The predicted octanol–water partition coefficient (Wildman–Crippen LogP) is 3.13. The lowest BCUT2D eigenvalue weighted by molar-refractivity contribution is -0.274. The van der Waals surface area contributed by atoms with Gasteiger partial charge >= 0.3 is 6.36 Å². The number of sulfonamides is 1. The SMILES string of the molecule is O=C(Nc1ccc(OC(F)(F)F)cc1)[C@@]12C[C@H]1CN(Cc1ccccc1)S2(=O)=O. The molecule has 1 saturated carbocycles. The topological polar surface area (TPSA) is 75.7 Å². The third-order valence-corrected chi connectivity index (χ3v) is 7.77. The Bertz CT molecular complexity index is 1030. The van der Waals surface area contributed by atoms with Gasteiger partial charge in [-0.1, -0.05) is 30.3 Å². The number of anilines is 1. The van der Waals surface area contributed by atoms with Crippen molar-refractivity contribution in [3.63, 3.8) is 0 Å². The largest absolute Gasteiger partial charge is 0.573 e. The third-order valence-electron chi connectivity index (χ3n) is 5.21. The Morgan fingerprint density at radius 2 is 1.79 bits per heavy atom. The molecule has 29 heavy (non-hydrogen) atoms. The van der Waals surface area contributed by atoms with E-state index < -0.39 is 32.8 Å². The Hall–Kier alpha value is -2.59. The van der Waals surface area contributed by atoms with Crippen LogP contribution >= 0.6 is 0 Å². The number of hydrogen-bond acceptors (Lipinski definition) is 4. The second kappa shape index (κ2) is 6.74. The number of alkyl halides is 3. The van der Waals surface area contributed by atoms with Gasteiger partial charge in [0.25, 0.3) is 0 Å². The van der Waals surface area contributed by atoms with Gasteiger partial charge in [-0.3, -0.25) is 4.79 Å². The van der Waals surface area contributed by atoms with E-state index in [-0.39, 0.29) is 31.1 Å². The van der Waals surface area contributed by atoms with E-state index in [9.17, 15) is 26.4 Å². The summed E-state index contributed by atoms with van der Waals surface area (Å²) in [4.78, 5) is 12.8. The lowest BCUT2D eigenvalue weighted by atomic mass is 10.2. The van der Waals surface area contributed by atoms with Crippen LogP contribution in [-0.2, 0) is 21.4 Å². The van der Waals surface area contributed by atoms with Gasteiger partial charge in [0.2, 0.25) is 15.9 Å². The highest BCUT2D eigenvalue weighted by atomic mass is 32.2. The van der Waals surface area contributed by atoms with Crippen molar-refractivity contribution >= 4 is 21.6 Å². The lowest BCUT2D eigenvalue weighted by Crippen LogP contribution is -2.41. The molecule has 4 rings (SSSR count). The highest BCUT2D eigenvalue weighted by Crippen LogP contribution is 2.58. The number of halogens is 3. The van der Waals surface area contributed by atoms with Crippen LogP contribution in [-0.4, -0.2) is 36.3 Å². The Balaban J connectivity index is 1.47. The maximum Gasteiger partial charge on any atom is 0.573 e. The average molecular weight is 426 g/mol. The van der Waals surface area contributed by atoms with E-state index in [0.29, 0.717) is 0 Å². The Morgan fingerprint density at radius 3 is 2.41 bits per heavy atom. The second-order valence-electron chi connectivity index (χ2n) is 7.10. The fourth-order valence-corrected chi connectivity index (χ4v) is 6.07. The summed E-state index contributed by atoms with van der Waals surface area (Å²) < 4.78 is 66.3. The molecule has 0 spiro atoms. The number of ether oxygens (including phenoxy) is 1. The van der Waals surface area contributed by atoms with Crippen molar-refractivity contribution in [2.24, 2.45) is 5.92 Å². The number of nitrogens with zero attached hydrogens (tertiary/aromatic N) is 1. The molecule has 0 radical (unpaired) electrons. The Kier molecular flexibility index (Phi) is 4.58. The highest BCUT2D eigenvalue weighted by molar-refractivity contribution is 7.92. The zero-order chi connectivity index (χ0) is 20.9. The summed E-state index contributed by atoms with van der Waals surface area (Å²) in [7, 11) is -3.86. The van der Waals surface area contributed by atoms with Crippen LogP contribution < -0.4 is 10.1 Å². The maximum atomic E-state index is 13.0. The fraction of sp³-hybridized carbons (Fsp3) is 0.316. The van der Waals surface area contributed by atoms with Crippen LogP contribution in [0.25, 0.3) is 0 Å². The van der Waals surface area contributed by atoms with Crippen LogP contribution in [0.5, 0.6) is 5.75 Å². The van der Waals surface area contributed by atoms with E-state index in [1.807, 2.05) is 30.3 Å². The van der Waals surface area contributed by atoms with Crippen LogP contribution in [0, 0.1) is 5.92 Å². The summed E-state index contributed by atoms with van der Waals surface area (Å²) in [5.74, 6) is -1.40. The molecule has 2 fully saturated rings. The molecule has 154 valence electrons. The standard InChI is InChI=1S/C19H17F3N2O4S/c20-19(21,22)28-16-8-6-15(7-9-16)23-17(25)18-10-14(18)12-24(29(18,26)27)11-13-4-2-1-3-5-13/h1-9,14H,10-12H2,(H,23,25)/t14-,18+/m0/s1. The van der Waals surface area contributed by atoms with Crippen molar-refractivity contribution in [1.29, 1.82) is 0 Å². The van der Waals surface area contributed by atoms with Gasteiger partial charge in [-0.25, -0.2) is 8.42 Å². The Morgan fingerprint density at radius 1 is 1.14 bits per heavy atom. The summed E-state index contributed by atoms with van der Waals surface area (Å²) in [6.45, 7) is 0.460. The molecule has 2 atom stereocenters. The molecular weight excluding hydrogens is 409 g/mol. The van der Waals surface area contributed by atoms with Gasteiger partial charge in [-0.05, 0) is 36.2 Å². The zero-order valence-electron chi connectivity index (χ0n) is 15.0. The minimum absolute atomic E-state index is 0.193. The molecule has 1 aliphatic heterocycles. The quantitative estimate of drug-likeness (QED) is 0.797. The van der Waals surface area contributed by atoms with Gasteiger partial charge < -0.3 is 10.1 Å².